The molecule has 3 rings (SSSR count). The van der Waals surface area contributed by atoms with Gasteiger partial charge in [-0.15, -0.1) is 0 Å². The first-order valence-electron chi connectivity index (χ1n) is 8.69. The number of carbonyl (C=O) groups is 2. The van der Waals surface area contributed by atoms with E-state index in [1.165, 1.54) is 12.1 Å². The molecule has 2 aromatic rings. The summed E-state index contributed by atoms with van der Waals surface area (Å²) in [6.07, 6.45) is 2.21. The predicted molar refractivity (Wildman–Crippen MR) is 98.9 cm³/mol. The van der Waals surface area contributed by atoms with Gasteiger partial charge in [-0.25, -0.2) is 4.79 Å². The van der Waals surface area contributed by atoms with Gasteiger partial charge in [0.25, 0.3) is 11.6 Å². The van der Waals surface area contributed by atoms with Crippen molar-refractivity contribution in [3.05, 3.63) is 56.9 Å². The van der Waals surface area contributed by atoms with Crippen LogP contribution >= 0.6 is 0 Å². The quantitative estimate of drug-likeness (QED) is 0.476. The van der Waals surface area contributed by atoms with Crippen LogP contribution in [-0.2, 0) is 9.53 Å². The molecule has 1 aromatic carbocycles. The van der Waals surface area contributed by atoms with E-state index in [-0.39, 0.29) is 5.69 Å². The van der Waals surface area contributed by atoms with E-state index in [4.69, 9.17) is 4.74 Å². The van der Waals surface area contributed by atoms with Crippen LogP contribution in [0, 0.1) is 30.9 Å². The lowest BCUT2D eigenvalue weighted by Gasteiger charge is -2.10. The van der Waals surface area contributed by atoms with Gasteiger partial charge in [0, 0.05) is 23.5 Å². The lowest BCUT2D eigenvalue weighted by Crippen LogP contribution is -2.21. The fourth-order valence-electron chi connectivity index (χ4n) is 3.23. The summed E-state index contributed by atoms with van der Waals surface area (Å²) in [5, 5.41) is 13.5. The van der Waals surface area contributed by atoms with Crippen LogP contribution in [0.5, 0.6) is 0 Å². The number of ether oxygens (including phenoxy) is 1. The van der Waals surface area contributed by atoms with Crippen molar-refractivity contribution in [3.8, 4) is 0 Å². The molecule has 27 heavy (non-hydrogen) atoms. The number of anilines is 1. The Hall–Kier alpha value is -3.16. The number of aryl methyl sites for hydroxylation is 1. The molecule has 0 unspecified atom stereocenters. The Morgan fingerprint density at radius 3 is 2.63 bits per heavy atom. The van der Waals surface area contributed by atoms with E-state index >= 15 is 0 Å². The minimum Gasteiger partial charge on any atom is -0.452 e. The highest BCUT2D eigenvalue weighted by Crippen LogP contribution is 2.38. The molecule has 8 nitrogen and oxygen atoms in total. The Labute approximate surface area is 156 Å². The molecule has 0 aliphatic heterocycles. The Balaban J connectivity index is 1.63. The molecular formula is C19H21N3O5. The van der Waals surface area contributed by atoms with E-state index in [1.807, 2.05) is 13.8 Å². The summed E-state index contributed by atoms with van der Waals surface area (Å²) in [5.74, 6) is -1.11. The second kappa shape index (κ2) is 7.22. The van der Waals surface area contributed by atoms with Crippen LogP contribution in [0.4, 0.5) is 11.4 Å². The minimum atomic E-state index is -0.555. The summed E-state index contributed by atoms with van der Waals surface area (Å²) in [4.78, 5) is 34.9. The number of rotatable bonds is 6. The van der Waals surface area contributed by atoms with Crippen LogP contribution in [0.1, 0.15) is 46.2 Å². The minimum absolute atomic E-state index is 0.0858. The number of nitrogens with zero attached hydrogens (tertiary/aromatic N) is 2. The smallest absolute Gasteiger partial charge is 0.340 e. The lowest BCUT2D eigenvalue weighted by atomic mass is 10.1. The van der Waals surface area contributed by atoms with Gasteiger partial charge in [0.1, 0.15) is 0 Å². The van der Waals surface area contributed by atoms with Gasteiger partial charge in [0.15, 0.2) is 6.61 Å². The zero-order chi connectivity index (χ0) is 19.7. The number of aromatic nitrogens is 1. The lowest BCUT2D eigenvalue weighted by molar-refractivity contribution is -0.385. The largest absolute Gasteiger partial charge is 0.452 e. The molecular weight excluding hydrogens is 350 g/mol. The van der Waals surface area contributed by atoms with Gasteiger partial charge < -0.3 is 14.6 Å². The van der Waals surface area contributed by atoms with Crippen molar-refractivity contribution in [1.29, 1.82) is 0 Å². The third kappa shape index (κ3) is 3.84. The number of nitro benzene ring substituents is 1. The zero-order valence-corrected chi connectivity index (χ0v) is 15.4. The van der Waals surface area contributed by atoms with E-state index in [2.05, 4.69) is 9.88 Å². The SMILES string of the molecule is Cc1c(NC(=O)COC(=O)c2cc(C)n(C3CC3)c2C)cccc1[N+](=O)[O-]. The molecule has 0 radical (unpaired) electrons. The van der Waals surface area contributed by atoms with Gasteiger partial charge >= 0.3 is 5.97 Å². The maximum absolute atomic E-state index is 12.3. The predicted octanol–water partition coefficient (Wildman–Crippen LogP) is 3.45. The second-order valence-corrected chi connectivity index (χ2v) is 6.72. The van der Waals surface area contributed by atoms with Gasteiger partial charge in [0.05, 0.1) is 21.7 Å². The standard InChI is InChI=1S/C19H21N3O5/c1-11-9-15(13(3)21(11)14-7-8-14)19(24)27-10-18(23)20-16-5-4-6-17(12(16)2)22(25)26/h4-6,9,14H,7-8,10H2,1-3H3,(H,20,23). The van der Waals surface area contributed by atoms with Crippen molar-refractivity contribution in [3.63, 3.8) is 0 Å². The maximum atomic E-state index is 12.3. The van der Waals surface area contributed by atoms with E-state index in [0.29, 0.717) is 22.9 Å². The van der Waals surface area contributed by atoms with Gasteiger partial charge in [-0.1, -0.05) is 6.07 Å². The third-order valence-corrected chi connectivity index (χ3v) is 4.73. The normalized spacial score (nSPS) is 13.3. The average molecular weight is 371 g/mol. The molecule has 1 aromatic heterocycles. The molecule has 0 bridgehead atoms. The van der Waals surface area contributed by atoms with Crippen LogP contribution in [0.25, 0.3) is 0 Å². The molecule has 0 spiro atoms. The highest BCUT2D eigenvalue weighted by Gasteiger charge is 2.29. The molecule has 1 heterocycles. The Kier molecular flexibility index (Phi) is 4.98. The Morgan fingerprint density at radius 1 is 1.30 bits per heavy atom. The molecule has 0 atom stereocenters. The van der Waals surface area contributed by atoms with Gasteiger partial charge in [-0.2, -0.15) is 0 Å². The summed E-state index contributed by atoms with van der Waals surface area (Å²) in [7, 11) is 0. The summed E-state index contributed by atoms with van der Waals surface area (Å²) < 4.78 is 7.26. The van der Waals surface area contributed by atoms with Crippen LogP contribution in [0.15, 0.2) is 24.3 Å². The zero-order valence-electron chi connectivity index (χ0n) is 15.4. The van der Waals surface area contributed by atoms with Crippen molar-refractivity contribution < 1.29 is 19.2 Å². The maximum Gasteiger partial charge on any atom is 0.340 e. The van der Waals surface area contributed by atoms with Crippen LogP contribution in [-0.4, -0.2) is 28.0 Å². The fraction of sp³-hybridized carbons (Fsp3) is 0.368. The molecule has 1 amide bonds. The summed E-state index contributed by atoms with van der Waals surface area (Å²) >= 11 is 0. The first-order chi connectivity index (χ1) is 12.8. The highest BCUT2D eigenvalue weighted by atomic mass is 16.6. The van der Waals surface area contributed by atoms with E-state index in [9.17, 15) is 19.7 Å². The molecule has 1 aliphatic rings. The topological polar surface area (TPSA) is 103 Å². The number of carbonyl (C=O) groups excluding carboxylic acids is 2. The van der Waals surface area contributed by atoms with Crippen molar-refractivity contribution >= 4 is 23.3 Å². The van der Waals surface area contributed by atoms with Crippen molar-refractivity contribution in [2.75, 3.05) is 11.9 Å². The number of nitrogens with one attached hydrogen (secondary N) is 1. The molecule has 142 valence electrons. The molecule has 0 saturated heterocycles. The van der Waals surface area contributed by atoms with Gasteiger partial charge in [-0.05, 0) is 45.7 Å². The first kappa shape index (κ1) is 18.6. The van der Waals surface area contributed by atoms with Crippen LogP contribution in [0.2, 0.25) is 0 Å². The summed E-state index contributed by atoms with van der Waals surface area (Å²) in [6.45, 7) is 4.90. The van der Waals surface area contributed by atoms with Crippen molar-refractivity contribution in [2.45, 2.75) is 39.7 Å². The van der Waals surface area contributed by atoms with E-state index in [1.54, 1.807) is 19.1 Å². The number of benzene rings is 1. The second-order valence-electron chi connectivity index (χ2n) is 6.72. The summed E-state index contributed by atoms with van der Waals surface area (Å²) in [6, 6.07) is 6.64. The molecule has 1 aliphatic carbocycles. The fourth-order valence-corrected chi connectivity index (χ4v) is 3.23. The number of hydrogen-bond donors (Lipinski definition) is 1. The number of amides is 1. The number of hydrogen-bond acceptors (Lipinski definition) is 5. The van der Waals surface area contributed by atoms with Gasteiger partial charge in [-0.3, -0.25) is 14.9 Å². The van der Waals surface area contributed by atoms with E-state index in [0.717, 1.165) is 24.2 Å². The number of esters is 1. The third-order valence-electron chi connectivity index (χ3n) is 4.73. The molecule has 8 heteroatoms. The van der Waals surface area contributed by atoms with Crippen molar-refractivity contribution in [1.82, 2.24) is 4.57 Å². The Morgan fingerprint density at radius 2 is 2.00 bits per heavy atom. The van der Waals surface area contributed by atoms with Gasteiger partial charge in [0.2, 0.25) is 0 Å². The summed E-state index contributed by atoms with van der Waals surface area (Å²) in [5.41, 5.74) is 2.87. The number of nitro groups is 1. The molecule has 1 saturated carbocycles. The van der Waals surface area contributed by atoms with Crippen molar-refractivity contribution in [2.24, 2.45) is 0 Å². The molecule has 1 fully saturated rings. The van der Waals surface area contributed by atoms with E-state index < -0.39 is 23.4 Å². The first-order valence-corrected chi connectivity index (χ1v) is 8.69. The van der Waals surface area contributed by atoms with Crippen LogP contribution < -0.4 is 5.32 Å². The Bertz CT molecular complexity index is 928. The molecule has 1 N–H and O–H groups in total. The average Bonchev–Trinajstić information content (AvgIpc) is 3.39. The highest BCUT2D eigenvalue weighted by molar-refractivity contribution is 5.96. The monoisotopic (exact) mass is 371 g/mol. The van der Waals surface area contributed by atoms with Crippen LogP contribution in [0.3, 0.4) is 0 Å².